The van der Waals surface area contributed by atoms with Crippen molar-refractivity contribution >= 4 is 39.3 Å². The molecule has 172 valence electrons. The summed E-state index contributed by atoms with van der Waals surface area (Å²) < 4.78 is 6.50. The van der Waals surface area contributed by atoms with E-state index >= 15 is 0 Å². The molecule has 0 bridgehead atoms. The SMILES string of the molecule is CC1(C)c2cc(Br)ccc2N2CCC(=O)NC21/C=C/C=C/c1ccc(N2CCOCC2)cc1. The molecule has 0 aromatic heterocycles. The molecule has 0 radical (unpaired) electrons. The fraction of sp³-hybridized carbons (Fsp3) is 0.370. The molecule has 6 heteroatoms. The Morgan fingerprint density at radius 2 is 1.79 bits per heavy atom. The molecule has 2 aromatic carbocycles. The van der Waals surface area contributed by atoms with Gasteiger partial charge in [-0.15, -0.1) is 0 Å². The van der Waals surface area contributed by atoms with Crippen molar-refractivity contribution in [2.24, 2.45) is 0 Å². The first kappa shape index (κ1) is 22.2. The van der Waals surface area contributed by atoms with Crippen LogP contribution in [0.4, 0.5) is 11.4 Å². The molecule has 5 rings (SSSR count). The number of benzene rings is 2. The van der Waals surface area contributed by atoms with E-state index in [2.05, 4.69) is 112 Å². The summed E-state index contributed by atoms with van der Waals surface area (Å²) in [5, 5.41) is 3.33. The van der Waals surface area contributed by atoms with Gasteiger partial charge in [0.05, 0.1) is 13.2 Å². The van der Waals surface area contributed by atoms with Gasteiger partial charge in [0.25, 0.3) is 0 Å². The number of nitrogens with zero attached hydrogens (tertiary/aromatic N) is 2. The van der Waals surface area contributed by atoms with Crippen LogP contribution in [0, 0.1) is 0 Å². The number of ether oxygens (including phenoxy) is 1. The summed E-state index contributed by atoms with van der Waals surface area (Å²) >= 11 is 3.62. The zero-order valence-corrected chi connectivity index (χ0v) is 20.8. The summed E-state index contributed by atoms with van der Waals surface area (Å²) in [5.74, 6) is 0.0959. The highest BCUT2D eigenvalue weighted by molar-refractivity contribution is 9.10. The Morgan fingerprint density at radius 3 is 2.55 bits per heavy atom. The van der Waals surface area contributed by atoms with E-state index < -0.39 is 5.66 Å². The average Bonchev–Trinajstić information content (AvgIpc) is 3.01. The smallest absolute Gasteiger partial charge is 0.223 e. The van der Waals surface area contributed by atoms with E-state index in [0.717, 1.165) is 36.3 Å². The van der Waals surface area contributed by atoms with E-state index in [1.165, 1.54) is 16.9 Å². The molecule has 2 fully saturated rings. The summed E-state index contributed by atoms with van der Waals surface area (Å²) in [7, 11) is 0. The number of anilines is 2. The second-order valence-corrected chi connectivity index (χ2v) is 10.3. The number of nitrogens with one attached hydrogen (secondary N) is 1. The molecule has 2 aromatic rings. The van der Waals surface area contributed by atoms with Crippen molar-refractivity contribution in [1.82, 2.24) is 5.32 Å². The maximum absolute atomic E-state index is 12.5. The van der Waals surface area contributed by atoms with Crippen molar-refractivity contribution in [2.75, 3.05) is 42.6 Å². The van der Waals surface area contributed by atoms with Gasteiger partial charge in [-0.05, 0) is 47.5 Å². The Labute approximate surface area is 204 Å². The maximum atomic E-state index is 12.5. The number of halogens is 1. The largest absolute Gasteiger partial charge is 0.378 e. The quantitative estimate of drug-likeness (QED) is 0.599. The van der Waals surface area contributed by atoms with Gasteiger partial charge in [0.15, 0.2) is 0 Å². The third-order valence-corrected chi connectivity index (χ3v) is 7.69. The lowest BCUT2D eigenvalue weighted by atomic mass is 9.74. The van der Waals surface area contributed by atoms with Crippen LogP contribution in [0.2, 0.25) is 0 Å². The van der Waals surface area contributed by atoms with Crippen LogP contribution in [0.1, 0.15) is 31.4 Å². The van der Waals surface area contributed by atoms with E-state index in [-0.39, 0.29) is 11.3 Å². The van der Waals surface area contributed by atoms with E-state index in [4.69, 9.17) is 4.74 Å². The number of rotatable bonds is 4. The Balaban J connectivity index is 1.38. The summed E-state index contributed by atoms with van der Waals surface area (Å²) in [6.07, 6.45) is 8.89. The van der Waals surface area contributed by atoms with Crippen LogP contribution in [-0.2, 0) is 14.9 Å². The number of hydrogen-bond acceptors (Lipinski definition) is 4. The monoisotopic (exact) mass is 507 g/mol. The van der Waals surface area contributed by atoms with Crippen LogP contribution in [0.3, 0.4) is 0 Å². The van der Waals surface area contributed by atoms with Gasteiger partial charge < -0.3 is 19.9 Å². The van der Waals surface area contributed by atoms with Crippen LogP contribution >= 0.6 is 15.9 Å². The number of fused-ring (bicyclic) bond motifs is 3. The van der Waals surface area contributed by atoms with Gasteiger partial charge in [0.2, 0.25) is 5.91 Å². The predicted molar refractivity (Wildman–Crippen MR) is 138 cm³/mol. The van der Waals surface area contributed by atoms with Gasteiger partial charge in [-0.2, -0.15) is 0 Å². The molecule has 1 unspecified atom stereocenters. The molecule has 1 N–H and O–H groups in total. The summed E-state index contributed by atoms with van der Waals surface area (Å²) in [6.45, 7) is 8.59. The Bertz CT molecular complexity index is 1100. The summed E-state index contributed by atoms with van der Waals surface area (Å²) in [5.41, 5.74) is 3.95. The van der Waals surface area contributed by atoms with Crippen molar-refractivity contribution in [1.29, 1.82) is 0 Å². The summed E-state index contributed by atoms with van der Waals surface area (Å²) in [6, 6.07) is 15.0. The van der Waals surface area contributed by atoms with Crippen molar-refractivity contribution < 1.29 is 9.53 Å². The van der Waals surface area contributed by atoms with E-state index in [1.807, 2.05) is 0 Å². The number of hydrogen-bond donors (Lipinski definition) is 1. The molecular formula is C27H30BrN3O2. The molecule has 3 aliphatic heterocycles. The van der Waals surface area contributed by atoms with Crippen molar-refractivity contribution in [3.63, 3.8) is 0 Å². The lowest BCUT2D eigenvalue weighted by Crippen LogP contribution is -2.68. The number of amides is 1. The average molecular weight is 508 g/mol. The lowest BCUT2D eigenvalue weighted by Gasteiger charge is -2.49. The van der Waals surface area contributed by atoms with Gasteiger partial charge in [-0.1, -0.05) is 60.1 Å². The first-order valence-electron chi connectivity index (χ1n) is 11.6. The highest BCUT2D eigenvalue weighted by Gasteiger charge is 2.57. The third kappa shape index (κ3) is 3.89. The standard InChI is InChI=1S/C27H30BrN3O2/c1-26(2)23-19-21(28)8-11-24(23)31-14-12-25(32)29-27(26,31)13-4-3-5-20-6-9-22(10-7-20)30-15-17-33-18-16-30/h3-11,13,19H,12,14-18H2,1-2H3,(H,29,32)/b5-3+,13-4+. The van der Waals surface area contributed by atoms with Crippen LogP contribution in [0.25, 0.3) is 6.08 Å². The minimum Gasteiger partial charge on any atom is -0.378 e. The van der Waals surface area contributed by atoms with E-state index in [1.54, 1.807) is 0 Å². The van der Waals surface area contributed by atoms with Gasteiger partial charge >= 0.3 is 0 Å². The first-order chi connectivity index (χ1) is 15.9. The highest BCUT2D eigenvalue weighted by Crippen LogP contribution is 2.52. The minimum atomic E-state index is -0.587. The topological polar surface area (TPSA) is 44.8 Å². The molecule has 3 heterocycles. The van der Waals surface area contributed by atoms with Crippen molar-refractivity contribution in [3.8, 4) is 0 Å². The van der Waals surface area contributed by atoms with Gasteiger partial charge in [-0.25, -0.2) is 0 Å². The van der Waals surface area contributed by atoms with Crippen molar-refractivity contribution in [3.05, 3.63) is 76.3 Å². The van der Waals surface area contributed by atoms with Gasteiger partial charge in [0, 0.05) is 47.3 Å². The predicted octanol–water partition coefficient (Wildman–Crippen LogP) is 4.87. The molecule has 0 spiro atoms. The minimum absolute atomic E-state index is 0.0959. The van der Waals surface area contributed by atoms with Crippen LogP contribution in [-0.4, -0.2) is 44.4 Å². The molecule has 1 amide bonds. The lowest BCUT2D eigenvalue weighted by molar-refractivity contribution is -0.124. The first-order valence-corrected chi connectivity index (χ1v) is 12.4. The number of carbonyl (C=O) groups is 1. The highest BCUT2D eigenvalue weighted by atomic mass is 79.9. The zero-order valence-electron chi connectivity index (χ0n) is 19.2. The molecule has 0 aliphatic carbocycles. The van der Waals surface area contributed by atoms with Crippen LogP contribution < -0.4 is 15.1 Å². The molecule has 5 nitrogen and oxygen atoms in total. The number of allylic oxidation sites excluding steroid dienone is 2. The number of carbonyl (C=O) groups excluding carboxylic acids is 1. The fourth-order valence-electron chi connectivity index (χ4n) is 5.31. The molecule has 1 atom stereocenters. The zero-order chi connectivity index (χ0) is 23.1. The second-order valence-electron chi connectivity index (χ2n) is 9.41. The molecule has 3 aliphatic rings. The molecule has 33 heavy (non-hydrogen) atoms. The molecular weight excluding hydrogens is 478 g/mol. The Morgan fingerprint density at radius 1 is 1.03 bits per heavy atom. The fourth-order valence-corrected chi connectivity index (χ4v) is 5.67. The van der Waals surface area contributed by atoms with Crippen molar-refractivity contribution in [2.45, 2.75) is 31.3 Å². The van der Waals surface area contributed by atoms with Crippen LogP contribution in [0.5, 0.6) is 0 Å². The molecule has 0 saturated carbocycles. The van der Waals surface area contributed by atoms with Gasteiger partial charge in [-0.3, -0.25) is 4.79 Å². The number of morpholine rings is 1. The second kappa shape index (κ2) is 8.65. The van der Waals surface area contributed by atoms with Gasteiger partial charge in [0.1, 0.15) is 5.66 Å². The summed E-state index contributed by atoms with van der Waals surface area (Å²) in [4.78, 5) is 17.2. The molecule has 2 saturated heterocycles. The normalized spacial score (nSPS) is 24.3. The Hall–Kier alpha value is -2.57. The van der Waals surface area contributed by atoms with E-state index in [9.17, 15) is 4.79 Å². The van der Waals surface area contributed by atoms with E-state index in [0.29, 0.717) is 13.0 Å². The Kier molecular flexibility index (Phi) is 5.83. The maximum Gasteiger partial charge on any atom is 0.223 e. The van der Waals surface area contributed by atoms with Crippen LogP contribution in [0.15, 0.2) is 65.2 Å². The third-order valence-electron chi connectivity index (χ3n) is 7.20.